The molecule has 5 rings (SSSR count). The van der Waals surface area contributed by atoms with E-state index in [2.05, 4.69) is 4.90 Å². The Bertz CT molecular complexity index is 1150. The molecule has 0 bridgehead atoms. The highest BCUT2D eigenvalue weighted by atomic mass is 16.6. The summed E-state index contributed by atoms with van der Waals surface area (Å²) in [5, 5.41) is 10.6. The van der Waals surface area contributed by atoms with Crippen LogP contribution in [0.25, 0.3) is 10.9 Å². The summed E-state index contributed by atoms with van der Waals surface area (Å²) in [4.78, 5) is 25.7. The van der Waals surface area contributed by atoms with E-state index in [-0.39, 0.29) is 18.8 Å². The van der Waals surface area contributed by atoms with Crippen LogP contribution in [0.1, 0.15) is 12.0 Å². The number of piperazine rings is 1. The summed E-state index contributed by atoms with van der Waals surface area (Å²) < 4.78 is 11.6. The molecule has 33 heavy (non-hydrogen) atoms. The fourth-order valence-electron chi connectivity index (χ4n) is 4.04. The summed E-state index contributed by atoms with van der Waals surface area (Å²) in [5.41, 5.74) is 1.76. The SMILES string of the molecule is O=C(OCc1ccccc1)N1CCN(c2nc(O[C@H]3C=C[C@@H](O)C3)c3ccccc3n2)CC1. The van der Waals surface area contributed by atoms with Gasteiger partial charge < -0.3 is 24.4 Å². The number of carbonyl (C=O) groups excluding carboxylic acids is 1. The first-order chi connectivity index (χ1) is 16.2. The van der Waals surface area contributed by atoms with E-state index >= 15 is 0 Å². The van der Waals surface area contributed by atoms with Crippen LogP contribution in [-0.4, -0.2) is 64.5 Å². The average molecular weight is 447 g/mol. The molecule has 0 unspecified atom stereocenters. The normalized spacial score (nSPS) is 20.3. The lowest BCUT2D eigenvalue weighted by Crippen LogP contribution is -2.49. The van der Waals surface area contributed by atoms with Crippen LogP contribution in [0.3, 0.4) is 0 Å². The quantitative estimate of drug-likeness (QED) is 0.603. The Morgan fingerprint density at radius 1 is 0.970 bits per heavy atom. The van der Waals surface area contributed by atoms with Crippen molar-refractivity contribution in [2.24, 2.45) is 0 Å². The van der Waals surface area contributed by atoms with Crippen LogP contribution < -0.4 is 9.64 Å². The van der Waals surface area contributed by atoms with Crippen LogP contribution in [0, 0.1) is 0 Å². The van der Waals surface area contributed by atoms with Gasteiger partial charge in [-0.25, -0.2) is 9.78 Å². The first-order valence-corrected chi connectivity index (χ1v) is 11.2. The van der Waals surface area contributed by atoms with E-state index in [0.29, 0.717) is 44.4 Å². The maximum absolute atomic E-state index is 12.5. The number of ether oxygens (including phenoxy) is 2. The van der Waals surface area contributed by atoms with Gasteiger partial charge in [-0.05, 0) is 23.8 Å². The number of anilines is 1. The van der Waals surface area contributed by atoms with Gasteiger partial charge in [-0.2, -0.15) is 4.98 Å². The van der Waals surface area contributed by atoms with Crippen molar-refractivity contribution < 1.29 is 19.4 Å². The lowest BCUT2D eigenvalue weighted by Gasteiger charge is -2.34. The molecule has 3 aromatic rings. The Balaban J connectivity index is 1.25. The van der Waals surface area contributed by atoms with E-state index in [9.17, 15) is 9.90 Å². The van der Waals surface area contributed by atoms with Gasteiger partial charge in [0.1, 0.15) is 12.7 Å². The molecule has 1 saturated heterocycles. The molecule has 1 aliphatic heterocycles. The zero-order valence-corrected chi connectivity index (χ0v) is 18.2. The van der Waals surface area contributed by atoms with E-state index in [4.69, 9.17) is 19.4 Å². The maximum atomic E-state index is 12.5. The molecule has 1 amide bonds. The van der Waals surface area contributed by atoms with Crippen molar-refractivity contribution in [1.82, 2.24) is 14.9 Å². The number of benzene rings is 2. The number of rotatable bonds is 5. The third-order valence-electron chi connectivity index (χ3n) is 5.87. The second-order valence-corrected chi connectivity index (χ2v) is 8.20. The first kappa shape index (κ1) is 21.2. The van der Waals surface area contributed by atoms with Crippen LogP contribution >= 0.6 is 0 Å². The molecule has 1 aliphatic carbocycles. The van der Waals surface area contributed by atoms with E-state index in [1.165, 1.54) is 0 Å². The smallest absolute Gasteiger partial charge is 0.410 e. The molecule has 8 nitrogen and oxygen atoms in total. The van der Waals surface area contributed by atoms with Gasteiger partial charge in [0.15, 0.2) is 0 Å². The summed E-state index contributed by atoms with van der Waals surface area (Å²) in [7, 11) is 0. The number of hydrogen-bond donors (Lipinski definition) is 1. The number of aliphatic hydroxyl groups is 1. The number of nitrogens with zero attached hydrogens (tertiary/aromatic N) is 4. The third-order valence-corrected chi connectivity index (χ3v) is 5.87. The molecule has 170 valence electrons. The number of hydrogen-bond acceptors (Lipinski definition) is 7. The summed E-state index contributed by atoms with van der Waals surface area (Å²) in [6.45, 7) is 2.51. The first-order valence-electron chi connectivity index (χ1n) is 11.2. The van der Waals surface area contributed by atoms with Crippen LogP contribution in [0.4, 0.5) is 10.7 Å². The molecule has 1 fully saturated rings. The Hall–Kier alpha value is -3.65. The Kier molecular flexibility index (Phi) is 6.08. The molecule has 2 aromatic carbocycles. The van der Waals surface area contributed by atoms with E-state index in [1.54, 1.807) is 11.0 Å². The van der Waals surface area contributed by atoms with E-state index < -0.39 is 6.10 Å². The molecule has 2 atom stereocenters. The molecule has 1 N–H and O–H groups in total. The second kappa shape index (κ2) is 9.46. The van der Waals surface area contributed by atoms with Crippen LogP contribution in [0.5, 0.6) is 5.88 Å². The van der Waals surface area contributed by atoms with Gasteiger partial charge in [-0.15, -0.1) is 0 Å². The molecule has 0 saturated carbocycles. The van der Waals surface area contributed by atoms with Crippen molar-refractivity contribution in [2.45, 2.75) is 25.2 Å². The number of aromatic nitrogens is 2. The molecule has 0 radical (unpaired) electrons. The zero-order valence-electron chi connectivity index (χ0n) is 18.2. The minimum Gasteiger partial charge on any atom is -0.469 e. The molecule has 2 aliphatic rings. The molecule has 0 spiro atoms. The minimum atomic E-state index is -0.489. The third kappa shape index (κ3) is 4.90. The zero-order chi connectivity index (χ0) is 22.6. The van der Waals surface area contributed by atoms with Crippen LogP contribution in [-0.2, 0) is 11.3 Å². The van der Waals surface area contributed by atoms with Gasteiger partial charge >= 0.3 is 6.09 Å². The van der Waals surface area contributed by atoms with Crippen molar-refractivity contribution in [1.29, 1.82) is 0 Å². The number of para-hydroxylation sites is 1. The van der Waals surface area contributed by atoms with Crippen LogP contribution in [0.2, 0.25) is 0 Å². The predicted octanol–water partition coefficient (Wildman–Crippen LogP) is 3.16. The van der Waals surface area contributed by atoms with E-state index in [0.717, 1.165) is 16.5 Å². The second-order valence-electron chi connectivity index (χ2n) is 8.20. The number of carbonyl (C=O) groups is 1. The lowest BCUT2D eigenvalue weighted by atomic mass is 10.2. The van der Waals surface area contributed by atoms with Gasteiger partial charge in [0, 0.05) is 32.6 Å². The number of amides is 1. The fraction of sp³-hybridized carbons (Fsp3) is 0.320. The van der Waals surface area contributed by atoms with E-state index in [1.807, 2.05) is 60.7 Å². The summed E-state index contributed by atoms with van der Waals surface area (Å²) >= 11 is 0. The fourth-order valence-corrected chi connectivity index (χ4v) is 4.04. The highest BCUT2D eigenvalue weighted by Crippen LogP contribution is 2.28. The van der Waals surface area contributed by atoms with Crippen LogP contribution in [0.15, 0.2) is 66.7 Å². The lowest BCUT2D eigenvalue weighted by molar-refractivity contribution is 0.0940. The highest BCUT2D eigenvalue weighted by molar-refractivity contribution is 5.84. The van der Waals surface area contributed by atoms with Crippen molar-refractivity contribution >= 4 is 22.9 Å². The van der Waals surface area contributed by atoms with Gasteiger partial charge in [-0.1, -0.05) is 48.5 Å². The summed E-state index contributed by atoms with van der Waals surface area (Å²) in [6.07, 6.45) is 3.09. The maximum Gasteiger partial charge on any atom is 0.410 e. The number of fused-ring (bicyclic) bond motifs is 1. The van der Waals surface area contributed by atoms with Crippen molar-refractivity contribution in [3.63, 3.8) is 0 Å². The molecule has 8 heteroatoms. The highest BCUT2D eigenvalue weighted by Gasteiger charge is 2.26. The van der Waals surface area contributed by atoms with Gasteiger partial charge in [0.2, 0.25) is 11.8 Å². The standard InChI is InChI=1S/C25H26N4O4/c30-19-10-11-20(16-19)33-23-21-8-4-5-9-22(21)26-24(27-23)28-12-14-29(15-13-28)25(31)32-17-18-6-2-1-3-7-18/h1-11,19-20,30H,12-17H2/t19-,20+/m1/s1. The van der Waals surface area contributed by atoms with Gasteiger partial charge in [-0.3, -0.25) is 0 Å². The van der Waals surface area contributed by atoms with Crippen molar-refractivity contribution in [3.05, 3.63) is 72.3 Å². The largest absolute Gasteiger partial charge is 0.469 e. The van der Waals surface area contributed by atoms with Gasteiger partial charge in [0.05, 0.1) is 17.0 Å². The average Bonchev–Trinajstić information content (AvgIpc) is 3.27. The topological polar surface area (TPSA) is 88.0 Å². The Morgan fingerprint density at radius 2 is 1.73 bits per heavy atom. The van der Waals surface area contributed by atoms with Crippen molar-refractivity contribution in [3.8, 4) is 5.88 Å². The van der Waals surface area contributed by atoms with Crippen molar-refractivity contribution in [2.75, 3.05) is 31.1 Å². The molecular formula is C25H26N4O4. The number of aliphatic hydroxyl groups excluding tert-OH is 1. The summed E-state index contributed by atoms with van der Waals surface area (Å²) in [5.74, 6) is 1.08. The Labute approximate surface area is 192 Å². The van der Waals surface area contributed by atoms with Gasteiger partial charge in [0.25, 0.3) is 0 Å². The monoisotopic (exact) mass is 446 g/mol. The minimum absolute atomic E-state index is 0.220. The molecule has 1 aromatic heterocycles. The summed E-state index contributed by atoms with van der Waals surface area (Å²) in [6, 6.07) is 17.4. The Morgan fingerprint density at radius 3 is 2.48 bits per heavy atom. The molecule has 2 heterocycles. The molecular weight excluding hydrogens is 420 g/mol. The predicted molar refractivity (Wildman–Crippen MR) is 124 cm³/mol.